The molecule has 0 unspecified atom stereocenters. The number of hydrogen-bond acceptors (Lipinski definition) is 5. The van der Waals surface area contributed by atoms with Crippen LogP contribution in [0.2, 0.25) is 0 Å². The van der Waals surface area contributed by atoms with Crippen LogP contribution in [-0.4, -0.2) is 46.6 Å². The highest BCUT2D eigenvalue weighted by atomic mass is 16.5. The van der Waals surface area contributed by atoms with Crippen LogP contribution in [0.25, 0.3) is 0 Å². The molecule has 0 bridgehead atoms. The number of nitrogens with one attached hydrogen (secondary N) is 1. The van der Waals surface area contributed by atoms with Crippen molar-refractivity contribution in [1.82, 2.24) is 14.9 Å². The van der Waals surface area contributed by atoms with Crippen molar-refractivity contribution in [2.75, 3.05) is 25.0 Å². The molecule has 1 aromatic heterocycles. The molecule has 20 heavy (non-hydrogen) atoms. The molecular formula is C15H28N4O. The maximum atomic E-state index is 5.70. The van der Waals surface area contributed by atoms with Crippen LogP contribution in [0, 0.1) is 0 Å². The average molecular weight is 280 g/mol. The zero-order chi connectivity index (χ0) is 15.0. The Balaban J connectivity index is 2.45. The van der Waals surface area contributed by atoms with Gasteiger partial charge in [0.05, 0.1) is 12.4 Å². The van der Waals surface area contributed by atoms with Gasteiger partial charge in [-0.2, -0.15) is 4.98 Å². The molecule has 0 spiro atoms. The van der Waals surface area contributed by atoms with E-state index >= 15 is 0 Å². The molecule has 1 aromatic rings. The number of hydrogen-bond donors (Lipinski definition) is 1. The number of anilines is 1. The lowest BCUT2D eigenvalue weighted by atomic mass is 10.2. The molecule has 5 nitrogen and oxygen atoms in total. The summed E-state index contributed by atoms with van der Waals surface area (Å²) < 4.78 is 5.70. The van der Waals surface area contributed by atoms with Gasteiger partial charge in [-0.15, -0.1) is 0 Å². The van der Waals surface area contributed by atoms with Crippen molar-refractivity contribution in [1.29, 1.82) is 0 Å². The van der Waals surface area contributed by atoms with Crippen molar-refractivity contribution in [3.63, 3.8) is 0 Å². The smallest absolute Gasteiger partial charge is 0.234 e. The van der Waals surface area contributed by atoms with Crippen LogP contribution in [-0.2, 0) is 0 Å². The van der Waals surface area contributed by atoms with Crippen LogP contribution < -0.4 is 10.1 Å². The van der Waals surface area contributed by atoms with Gasteiger partial charge in [-0.3, -0.25) is 9.88 Å². The minimum absolute atomic E-state index is 0.516. The second-order valence-corrected chi connectivity index (χ2v) is 5.44. The van der Waals surface area contributed by atoms with Crippen LogP contribution in [0.5, 0.6) is 5.88 Å². The Morgan fingerprint density at radius 1 is 1.20 bits per heavy atom. The predicted molar refractivity (Wildman–Crippen MR) is 83.3 cm³/mol. The Morgan fingerprint density at radius 3 is 2.50 bits per heavy atom. The van der Waals surface area contributed by atoms with E-state index in [1.165, 1.54) is 0 Å². The minimum Gasteiger partial charge on any atom is -0.475 e. The second kappa shape index (κ2) is 8.74. The Labute approximate surface area is 122 Å². The molecule has 0 atom stereocenters. The summed E-state index contributed by atoms with van der Waals surface area (Å²) in [5, 5.41) is 3.21. The monoisotopic (exact) mass is 280 g/mol. The largest absolute Gasteiger partial charge is 0.475 e. The van der Waals surface area contributed by atoms with Crippen LogP contribution in [0.4, 0.5) is 5.82 Å². The summed E-state index contributed by atoms with van der Waals surface area (Å²) in [6, 6.07) is 1.03. The second-order valence-electron chi connectivity index (χ2n) is 5.44. The fourth-order valence-electron chi connectivity index (χ4n) is 2.12. The summed E-state index contributed by atoms with van der Waals surface area (Å²) in [5.74, 6) is 1.35. The highest BCUT2D eigenvalue weighted by molar-refractivity contribution is 5.32. The van der Waals surface area contributed by atoms with E-state index in [1.807, 2.05) is 0 Å². The molecule has 0 fully saturated rings. The van der Waals surface area contributed by atoms with Crippen molar-refractivity contribution in [3.8, 4) is 5.88 Å². The molecular weight excluding hydrogens is 252 g/mol. The van der Waals surface area contributed by atoms with Crippen molar-refractivity contribution in [3.05, 3.63) is 12.4 Å². The van der Waals surface area contributed by atoms with Gasteiger partial charge in [0.1, 0.15) is 12.4 Å². The van der Waals surface area contributed by atoms with E-state index in [0.717, 1.165) is 25.3 Å². The number of aromatic nitrogens is 2. The lowest BCUT2D eigenvalue weighted by molar-refractivity contribution is 0.140. The van der Waals surface area contributed by atoms with Crippen molar-refractivity contribution in [2.24, 2.45) is 0 Å². The average Bonchev–Trinajstić information content (AvgIpc) is 2.41. The number of rotatable bonds is 9. The van der Waals surface area contributed by atoms with Gasteiger partial charge in [0.15, 0.2) is 0 Å². The van der Waals surface area contributed by atoms with Gasteiger partial charge in [-0.05, 0) is 34.1 Å². The Bertz CT molecular complexity index is 374. The SMILES string of the molecule is CCCNc1cncc(OCCN(C(C)C)C(C)C)n1. The van der Waals surface area contributed by atoms with Gasteiger partial charge in [0, 0.05) is 25.2 Å². The number of nitrogens with zero attached hydrogens (tertiary/aromatic N) is 3. The molecule has 1 heterocycles. The van der Waals surface area contributed by atoms with Gasteiger partial charge in [-0.1, -0.05) is 6.92 Å². The molecule has 114 valence electrons. The summed E-state index contributed by atoms with van der Waals surface area (Å²) in [4.78, 5) is 10.9. The third-order valence-corrected chi connectivity index (χ3v) is 3.09. The van der Waals surface area contributed by atoms with Crippen LogP contribution in [0.15, 0.2) is 12.4 Å². The Hall–Kier alpha value is -1.36. The third kappa shape index (κ3) is 5.74. The molecule has 0 amide bonds. The molecule has 1 rings (SSSR count). The first-order valence-corrected chi connectivity index (χ1v) is 7.49. The van der Waals surface area contributed by atoms with E-state index in [0.29, 0.717) is 24.6 Å². The van der Waals surface area contributed by atoms with Gasteiger partial charge < -0.3 is 10.1 Å². The molecule has 1 N–H and O–H groups in total. The molecule has 5 heteroatoms. The maximum Gasteiger partial charge on any atom is 0.234 e. The first-order valence-electron chi connectivity index (χ1n) is 7.49. The normalized spacial score (nSPS) is 11.4. The molecule has 0 aliphatic heterocycles. The topological polar surface area (TPSA) is 50.3 Å². The first kappa shape index (κ1) is 16.7. The van der Waals surface area contributed by atoms with E-state index in [4.69, 9.17) is 4.74 Å². The predicted octanol–water partition coefficient (Wildman–Crippen LogP) is 2.80. The lowest BCUT2D eigenvalue weighted by Gasteiger charge is -2.30. The fraction of sp³-hybridized carbons (Fsp3) is 0.733. The molecule has 0 radical (unpaired) electrons. The van der Waals surface area contributed by atoms with E-state index < -0.39 is 0 Å². The van der Waals surface area contributed by atoms with Crippen LogP contribution in [0.3, 0.4) is 0 Å². The fourth-order valence-corrected chi connectivity index (χ4v) is 2.12. The summed E-state index contributed by atoms with van der Waals surface area (Å²) in [6.07, 6.45) is 4.44. The highest BCUT2D eigenvalue weighted by Crippen LogP contribution is 2.10. The molecule has 0 saturated carbocycles. The van der Waals surface area contributed by atoms with Gasteiger partial charge >= 0.3 is 0 Å². The van der Waals surface area contributed by atoms with Gasteiger partial charge in [0.2, 0.25) is 5.88 Å². The van der Waals surface area contributed by atoms with Crippen LogP contribution >= 0.6 is 0 Å². The molecule has 0 aliphatic carbocycles. The van der Waals surface area contributed by atoms with Crippen molar-refractivity contribution >= 4 is 5.82 Å². The maximum absolute atomic E-state index is 5.70. The highest BCUT2D eigenvalue weighted by Gasteiger charge is 2.13. The molecule has 0 aromatic carbocycles. The zero-order valence-electron chi connectivity index (χ0n) is 13.4. The van der Waals surface area contributed by atoms with E-state index in [-0.39, 0.29) is 0 Å². The molecule has 0 saturated heterocycles. The zero-order valence-corrected chi connectivity index (χ0v) is 13.4. The van der Waals surface area contributed by atoms with Crippen molar-refractivity contribution in [2.45, 2.75) is 53.1 Å². The Kier molecular flexibility index (Phi) is 7.30. The quantitative estimate of drug-likeness (QED) is 0.754. The summed E-state index contributed by atoms with van der Waals surface area (Å²) >= 11 is 0. The third-order valence-electron chi connectivity index (χ3n) is 3.09. The number of ether oxygens (including phenoxy) is 1. The lowest BCUT2D eigenvalue weighted by Crippen LogP contribution is -2.39. The van der Waals surface area contributed by atoms with Gasteiger partial charge in [-0.25, -0.2) is 0 Å². The minimum atomic E-state index is 0.516. The van der Waals surface area contributed by atoms with E-state index in [2.05, 4.69) is 54.8 Å². The molecule has 0 aliphatic rings. The van der Waals surface area contributed by atoms with Gasteiger partial charge in [0.25, 0.3) is 0 Å². The summed E-state index contributed by atoms with van der Waals surface area (Å²) in [7, 11) is 0. The van der Waals surface area contributed by atoms with Crippen molar-refractivity contribution < 1.29 is 4.74 Å². The summed E-state index contributed by atoms with van der Waals surface area (Å²) in [6.45, 7) is 13.3. The Morgan fingerprint density at radius 2 is 1.90 bits per heavy atom. The first-order chi connectivity index (χ1) is 9.54. The van der Waals surface area contributed by atoms with Crippen LogP contribution in [0.1, 0.15) is 41.0 Å². The standard InChI is InChI=1S/C15H28N4O/c1-6-7-17-14-10-16-11-15(18-14)20-9-8-19(12(2)3)13(4)5/h10-13H,6-9H2,1-5H3,(H,17,18). The summed E-state index contributed by atoms with van der Waals surface area (Å²) in [5.41, 5.74) is 0. The van der Waals surface area contributed by atoms with E-state index in [1.54, 1.807) is 12.4 Å². The van der Waals surface area contributed by atoms with E-state index in [9.17, 15) is 0 Å².